The Bertz CT molecular complexity index is 894. The van der Waals surface area contributed by atoms with Crippen molar-refractivity contribution in [2.75, 3.05) is 0 Å². The third-order valence-electron chi connectivity index (χ3n) is 3.59. The summed E-state index contributed by atoms with van der Waals surface area (Å²) in [7, 11) is 0. The first-order valence-electron chi connectivity index (χ1n) is 7.90. The zero-order valence-electron chi connectivity index (χ0n) is 13.7. The van der Waals surface area contributed by atoms with Crippen LogP contribution < -0.4 is 5.32 Å². The quantitative estimate of drug-likeness (QED) is 0.596. The first-order chi connectivity index (χ1) is 12.6. The monoisotopic (exact) mass is 414 g/mol. The van der Waals surface area contributed by atoms with Gasteiger partial charge in [0.2, 0.25) is 17.6 Å². The number of ketones is 1. The number of rotatable bonds is 7. The van der Waals surface area contributed by atoms with E-state index in [1.54, 1.807) is 48.8 Å². The van der Waals surface area contributed by atoms with Gasteiger partial charge in [-0.2, -0.15) is 4.98 Å². The predicted molar refractivity (Wildman–Crippen MR) is 97.1 cm³/mol. The van der Waals surface area contributed by atoms with E-state index in [1.807, 2.05) is 0 Å². The molecule has 0 aliphatic rings. The summed E-state index contributed by atoms with van der Waals surface area (Å²) < 4.78 is 6.01. The van der Waals surface area contributed by atoms with Gasteiger partial charge in [0.05, 0.1) is 6.54 Å². The van der Waals surface area contributed by atoms with Crippen LogP contribution in [0.2, 0.25) is 0 Å². The Balaban J connectivity index is 1.46. The Morgan fingerprint density at radius 1 is 1.04 bits per heavy atom. The van der Waals surface area contributed by atoms with Crippen molar-refractivity contribution >= 4 is 27.6 Å². The van der Waals surface area contributed by atoms with Crippen LogP contribution >= 0.6 is 15.9 Å². The first-order valence-corrected chi connectivity index (χ1v) is 8.69. The van der Waals surface area contributed by atoms with Gasteiger partial charge in [-0.25, -0.2) is 0 Å². The minimum Gasteiger partial charge on any atom is -0.347 e. The van der Waals surface area contributed by atoms with Crippen molar-refractivity contribution in [2.24, 2.45) is 0 Å². The highest BCUT2D eigenvalue weighted by molar-refractivity contribution is 9.10. The first kappa shape index (κ1) is 17.9. The molecule has 0 radical (unpaired) electrons. The molecule has 0 aliphatic carbocycles. The second-order valence-electron chi connectivity index (χ2n) is 5.45. The zero-order valence-corrected chi connectivity index (χ0v) is 15.3. The molecule has 2 aromatic heterocycles. The average Bonchev–Trinajstić information content (AvgIpc) is 3.15. The fraction of sp³-hybridized carbons (Fsp3) is 0.167. The number of Topliss-reactive ketones (excluding diaryl/α,β-unsaturated/α-hetero) is 1. The largest absolute Gasteiger partial charge is 0.347 e. The molecule has 0 saturated heterocycles. The summed E-state index contributed by atoms with van der Waals surface area (Å²) in [6, 6.07) is 10.6. The fourth-order valence-corrected chi connectivity index (χ4v) is 2.48. The van der Waals surface area contributed by atoms with Crippen LogP contribution in [0.5, 0.6) is 0 Å². The molecule has 1 amide bonds. The van der Waals surface area contributed by atoms with Crippen molar-refractivity contribution in [1.82, 2.24) is 20.4 Å². The topological polar surface area (TPSA) is 98.0 Å². The highest BCUT2D eigenvalue weighted by Crippen LogP contribution is 2.14. The van der Waals surface area contributed by atoms with E-state index in [-0.39, 0.29) is 31.1 Å². The number of amides is 1. The lowest BCUT2D eigenvalue weighted by Crippen LogP contribution is -2.23. The van der Waals surface area contributed by atoms with Gasteiger partial charge in [0.25, 0.3) is 0 Å². The van der Waals surface area contributed by atoms with Crippen molar-refractivity contribution in [2.45, 2.75) is 19.4 Å². The van der Waals surface area contributed by atoms with Gasteiger partial charge in [0.1, 0.15) is 0 Å². The molecular weight excluding hydrogens is 400 g/mol. The van der Waals surface area contributed by atoms with Crippen molar-refractivity contribution in [3.8, 4) is 11.4 Å². The third kappa shape index (κ3) is 4.82. The van der Waals surface area contributed by atoms with Gasteiger partial charge in [0.15, 0.2) is 5.78 Å². The molecule has 3 aromatic rings. The summed E-state index contributed by atoms with van der Waals surface area (Å²) in [6.07, 6.45) is 3.50. The van der Waals surface area contributed by atoms with Gasteiger partial charge in [-0.15, -0.1) is 0 Å². The molecule has 132 valence electrons. The smallest absolute Gasteiger partial charge is 0.246 e. The Kier molecular flexibility index (Phi) is 5.85. The van der Waals surface area contributed by atoms with E-state index in [9.17, 15) is 9.59 Å². The second-order valence-corrected chi connectivity index (χ2v) is 6.37. The van der Waals surface area contributed by atoms with Gasteiger partial charge >= 0.3 is 0 Å². The summed E-state index contributed by atoms with van der Waals surface area (Å²) in [4.78, 5) is 32.1. The van der Waals surface area contributed by atoms with Crippen molar-refractivity contribution in [1.29, 1.82) is 0 Å². The number of benzene rings is 1. The number of hydrogen-bond donors (Lipinski definition) is 1. The number of nitrogens with one attached hydrogen (secondary N) is 1. The summed E-state index contributed by atoms with van der Waals surface area (Å²) >= 11 is 3.32. The molecule has 0 atom stereocenters. The highest BCUT2D eigenvalue weighted by Gasteiger charge is 2.12. The molecule has 7 nitrogen and oxygen atoms in total. The Morgan fingerprint density at radius 3 is 2.50 bits per heavy atom. The third-order valence-corrected chi connectivity index (χ3v) is 4.12. The minimum absolute atomic E-state index is 0.0783. The molecule has 0 spiro atoms. The lowest BCUT2D eigenvalue weighted by molar-refractivity contribution is -0.121. The van der Waals surface area contributed by atoms with E-state index in [0.717, 1.165) is 10.0 Å². The molecule has 0 aliphatic heterocycles. The van der Waals surface area contributed by atoms with Gasteiger partial charge in [-0.3, -0.25) is 14.6 Å². The van der Waals surface area contributed by atoms with Crippen LogP contribution in [0, 0.1) is 0 Å². The van der Waals surface area contributed by atoms with Gasteiger partial charge in [-0.1, -0.05) is 33.2 Å². The summed E-state index contributed by atoms with van der Waals surface area (Å²) in [5, 5.41) is 6.53. The maximum Gasteiger partial charge on any atom is 0.246 e. The van der Waals surface area contributed by atoms with Gasteiger partial charge in [-0.05, 0) is 24.3 Å². The van der Waals surface area contributed by atoms with E-state index in [2.05, 4.69) is 36.4 Å². The van der Waals surface area contributed by atoms with E-state index in [4.69, 9.17) is 4.52 Å². The van der Waals surface area contributed by atoms with Crippen LogP contribution in [0.4, 0.5) is 0 Å². The summed E-state index contributed by atoms with van der Waals surface area (Å²) in [5.74, 6) is 0.399. The highest BCUT2D eigenvalue weighted by atomic mass is 79.9. The van der Waals surface area contributed by atoms with Crippen molar-refractivity contribution in [3.05, 3.63) is 64.7 Å². The van der Waals surface area contributed by atoms with Crippen LogP contribution in [-0.4, -0.2) is 26.8 Å². The number of carbonyl (C=O) groups excluding carboxylic acids is 2. The number of nitrogens with zero attached hydrogens (tertiary/aromatic N) is 3. The number of hydrogen-bond acceptors (Lipinski definition) is 6. The molecular formula is C18H15BrN4O3. The summed E-state index contributed by atoms with van der Waals surface area (Å²) in [5.41, 5.74) is 1.36. The van der Waals surface area contributed by atoms with Crippen LogP contribution in [0.15, 0.2) is 57.8 Å². The molecule has 2 heterocycles. The maximum atomic E-state index is 12.1. The van der Waals surface area contributed by atoms with E-state index in [1.165, 1.54) is 0 Å². The van der Waals surface area contributed by atoms with Crippen LogP contribution in [0.1, 0.15) is 29.1 Å². The fourth-order valence-electron chi connectivity index (χ4n) is 2.21. The van der Waals surface area contributed by atoms with Crippen molar-refractivity contribution in [3.63, 3.8) is 0 Å². The maximum absolute atomic E-state index is 12.1. The SMILES string of the molecule is O=C(CCC(=O)c1ccc(Br)cc1)NCc1nc(-c2ccncc2)no1. The van der Waals surface area contributed by atoms with Crippen molar-refractivity contribution < 1.29 is 14.1 Å². The Morgan fingerprint density at radius 2 is 1.77 bits per heavy atom. The molecule has 0 unspecified atom stereocenters. The van der Waals surface area contributed by atoms with E-state index < -0.39 is 0 Å². The van der Waals surface area contributed by atoms with Crippen LogP contribution in [-0.2, 0) is 11.3 Å². The molecule has 1 aromatic carbocycles. The molecule has 1 N–H and O–H groups in total. The summed E-state index contributed by atoms with van der Waals surface area (Å²) in [6.45, 7) is 0.114. The number of aromatic nitrogens is 3. The second kappa shape index (κ2) is 8.48. The minimum atomic E-state index is -0.251. The van der Waals surface area contributed by atoms with Crippen LogP contribution in [0.3, 0.4) is 0 Å². The molecule has 0 fully saturated rings. The van der Waals surface area contributed by atoms with Crippen LogP contribution in [0.25, 0.3) is 11.4 Å². The number of carbonyl (C=O) groups is 2. The van der Waals surface area contributed by atoms with Gasteiger partial charge in [0, 0.05) is 40.8 Å². The average molecular weight is 415 g/mol. The van der Waals surface area contributed by atoms with Gasteiger partial charge < -0.3 is 9.84 Å². The molecule has 26 heavy (non-hydrogen) atoms. The number of pyridine rings is 1. The zero-order chi connectivity index (χ0) is 18.4. The van der Waals surface area contributed by atoms with E-state index in [0.29, 0.717) is 17.3 Å². The predicted octanol–water partition coefficient (Wildman–Crippen LogP) is 3.17. The molecule has 3 rings (SSSR count). The Labute approximate surface area is 158 Å². The number of halogens is 1. The molecule has 8 heteroatoms. The molecule has 0 saturated carbocycles. The Hall–Kier alpha value is -2.87. The standard InChI is InChI=1S/C18H15BrN4O3/c19-14-3-1-12(2-4-14)15(24)5-6-16(25)21-11-17-22-18(23-26-17)13-7-9-20-10-8-13/h1-4,7-10H,5-6,11H2,(H,21,25). The lowest BCUT2D eigenvalue weighted by Gasteiger charge is -2.03. The molecule has 0 bridgehead atoms. The normalized spacial score (nSPS) is 10.5. The van der Waals surface area contributed by atoms with E-state index >= 15 is 0 Å². The lowest BCUT2D eigenvalue weighted by atomic mass is 10.1.